The topological polar surface area (TPSA) is 16.1 Å². The van der Waals surface area contributed by atoms with Crippen LogP contribution in [0.4, 0.5) is 11.4 Å². The van der Waals surface area contributed by atoms with Gasteiger partial charge in [-0.05, 0) is 51.0 Å². The smallest absolute Gasteiger partial charge is 0.329 e. The van der Waals surface area contributed by atoms with E-state index in [0.717, 1.165) is 0 Å². The van der Waals surface area contributed by atoms with Crippen LogP contribution in [0.3, 0.4) is 0 Å². The molecule has 2 nitrogen and oxygen atoms in total. The first kappa shape index (κ1) is 16.0. The van der Waals surface area contributed by atoms with E-state index in [-0.39, 0.29) is 6.85 Å². The van der Waals surface area contributed by atoms with Crippen molar-refractivity contribution in [2.45, 2.75) is 0 Å². The Morgan fingerprint density at radius 3 is 2.17 bits per heavy atom. The van der Waals surface area contributed by atoms with Gasteiger partial charge in [0.15, 0.2) is 0 Å². The highest BCUT2D eigenvalue weighted by molar-refractivity contribution is 6.92. The zero-order valence-corrected chi connectivity index (χ0v) is 16.3. The van der Waals surface area contributed by atoms with Crippen LogP contribution in [0.25, 0.3) is 33.0 Å². The minimum Gasteiger partial charge on any atom is -0.376 e. The molecule has 3 heteroatoms. The lowest BCUT2D eigenvalue weighted by molar-refractivity contribution is 1.28. The molecule has 0 bridgehead atoms. The second-order valence-corrected chi connectivity index (χ2v) is 8.06. The van der Waals surface area contributed by atoms with Crippen LogP contribution in [0.5, 0.6) is 0 Å². The largest absolute Gasteiger partial charge is 0.376 e. The third kappa shape index (κ3) is 2.02. The average Bonchev–Trinajstić information content (AvgIpc) is 2.82. The van der Waals surface area contributed by atoms with E-state index in [0.29, 0.717) is 0 Å². The van der Waals surface area contributed by atoms with Gasteiger partial charge in [0.25, 0.3) is 0 Å². The highest BCUT2D eigenvalue weighted by Gasteiger charge is 2.42. The van der Waals surface area contributed by atoms with E-state index in [4.69, 9.17) is 0 Å². The number of nitrogens with zero attached hydrogens (tertiary/aromatic N) is 2. The van der Waals surface area contributed by atoms with Crippen LogP contribution in [0.1, 0.15) is 0 Å². The van der Waals surface area contributed by atoms with E-state index >= 15 is 0 Å². The molecule has 0 fully saturated rings. The zero-order valence-electron chi connectivity index (χ0n) is 16.3. The van der Waals surface area contributed by atoms with E-state index in [1.165, 1.54) is 55.3 Å². The third-order valence-corrected chi connectivity index (χ3v) is 6.53. The number of benzene rings is 4. The zero-order chi connectivity index (χ0) is 19.7. The summed E-state index contributed by atoms with van der Waals surface area (Å²) in [5, 5.41) is 2.57. The van der Waals surface area contributed by atoms with E-state index in [1.54, 1.807) is 0 Å². The summed E-state index contributed by atoms with van der Waals surface area (Å²) in [5.74, 6) is 0. The predicted octanol–water partition coefficient (Wildman–Crippen LogP) is 5.14. The Labute approximate surface area is 175 Å². The SMILES string of the molecule is c1ccc2c(c1)B1c3cc4ccccc4cc3-c3ccccc3N1c1ccncc1-2. The van der Waals surface area contributed by atoms with Crippen LogP contribution in [-0.2, 0) is 0 Å². The summed E-state index contributed by atoms with van der Waals surface area (Å²) in [6.07, 6.45) is 3.91. The molecule has 2 aliphatic rings. The lowest BCUT2D eigenvalue weighted by Crippen LogP contribution is -2.59. The van der Waals surface area contributed by atoms with Crippen molar-refractivity contribution in [3.05, 3.63) is 103 Å². The van der Waals surface area contributed by atoms with Gasteiger partial charge in [0.2, 0.25) is 0 Å². The van der Waals surface area contributed by atoms with Crippen molar-refractivity contribution in [3.63, 3.8) is 0 Å². The molecule has 3 heterocycles. The number of para-hydroxylation sites is 1. The molecule has 30 heavy (non-hydrogen) atoms. The molecule has 7 rings (SSSR count). The molecular weight excluding hydrogens is 363 g/mol. The van der Waals surface area contributed by atoms with Gasteiger partial charge in [0, 0.05) is 34.9 Å². The van der Waals surface area contributed by atoms with Gasteiger partial charge in [0.05, 0.1) is 0 Å². The summed E-state index contributed by atoms with van der Waals surface area (Å²) in [4.78, 5) is 6.95. The number of hydrogen-bond donors (Lipinski definition) is 0. The van der Waals surface area contributed by atoms with E-state index in [1.807, 2.05) is 12.4 Å². The summed E-state index contributed by atoms with van der Waals surface area (Å²) >= 11 is 0. The summed E-state index contributed by atoms with van der Waals surface area (Å²) in [6, 6.07) is 33.1. The van der Waals surface area contributed by atoms with E-state index in [9.17, 15) is 0 Å². The standard InChI is InChI=1S/C27H17BN2/c1-2-8-19-16-25-22(15-18(19)7-1)21-10-4-6-12-26(21)30-27-13-14-29-17-23(27)20-9-3-5-11-24(20)28(25)30/h1-17H. The first-order valence-electron chi connectivity index (χ1n) is 10.3. The molecule has 0 spiro atoms. The molecule has 0 saturated heterocycles. The molecule has 2 aliphatic heterocycles. The average molecular weight is 380 g/mol. The summed E-state index contributed by atoms with van der Waals surface area (Å²) in [7, 11) is 0. The van der Waals surface area contributed by atoms with Crippen LogP contribution < -0.4 is 15.7 Å². The lowest BCUT2D eigenvalue weighted by atomic mass is 9.43. The van der Waals surface area contributed by atoms with Crippen molar-refractivity contribution in [2.75, 3.05) is 4.81 Å². The van der Waals surface area contributed by atoms with Gasteiger partial charge in [-0.1, -0.05) is 72.8 Å². The molecule has 0 radical (unpaired) electrons. The summed E-state index contributed by atoms with van der Waals surface area (Å²) < 4.78 is 0. The first-order valence-corrected chi connectivity index (χ1v) is 10.3. The Kier molecular flexibility index (Phi) is 3.11. The fourth-order valence-corrected chi connectivity index (χ4v) is 5.27. The Balaban J connectivity index is 1.65. The maximum atomic E-state index is 4.45. The van der Waals surface area contributed by atoms with Gasteiger partial charge < -0.3 is 4.81 Å². The second kappa shape index (κ2) is 5.83. The Bertz CT molecular complexity index is 1470. The van der Waals surface area contributed by atoms with Crippen molar-refractivity contribution in [1.82, 2.24) is 4.98 Å². The van der Waals surface area contributed by atoms with Gasteiger partial charge in [-0.25, -0.2) is 0 Å². The van der Waals surface area contributed by atoms with Crippen LogP contribution in [-0.4, -0.2) is 11.8 Å². The highest BCUT2D eigenvalue weighted by Crippen LogP contribution is 2.45. The van der Waals surface area contributed by atoms with Gasteiger partial charge in [-0.3, -0.25) is 4.98 Å². The fraction of sp³-hybridized carbons (Fsp3) is 0. The van der Waals surface area contributed by atoms with E-state index < -0.39 is 0 Å². The molecular formula is C27H17BN2. The quantitative estimate of drug-likeness (QED) is 0.346. The molecule has 0 amide bonds. The van der Waals surface area contributed by atoms with Crippen LogP contribution in [0.2, 0.25) is 0 Å². The minimum atomic E-state index is 0.144. The van der Waals surface area contributed by atoms with Crippen molar-refractivity contribution in [3.8, 4) is 22.3 Å². The predicted molar refractivity (Wildman–Crippen MR) is 126 cm³/mol. The van der Waals surface area contributed by atoms with Gasteiger partial charge in [-0.15, -0.1) is 0 Å². The molecule has 1 aromatic heterocycles. The van der Waals surface area contributed by atoms with Crippen LogP contribution in [0, 0.1) is 0 Å². The van der Waals surface area contributed by atoms with Crippen LogP contribution >= 0.6 is 0 Å². The lowest BCUT2D eigenvalue weighted by Gasteiger charge is -2.43. The molecule has 0 unspecified atom stereocenters. The van der Waals surface area contributed by atoms with Gasteiger partial charge in [-0.2, -0.15) is 0 Å². The molecule has 0 atom stereocenters. The number of fused-ring (bicyclic) bond motifs is 12. The first-order chi connectivity index (χ1) is 14.9. The maximum absolute atomic E-state index is 4.45. The minimum absolute atomic E-state index is 0.144. The molecule has 5 aromatic rings. The van der Waals surface area contributed by atoms with E-state index in [2.05, 4.69) is 101 Å². The Morgan fingerprint density at radius 1 is 0.567 bits per heavy atom. The highest BCUT2D eigenvalue weighted by atomic mass is 15.1. The number of hydrogen-bond acceptors (Lipinski definition) is 2. The molecule has 0 N–H and O–H groups in total. The molecule has 138 valence electrons. The summed E-state index contributed by atoms with van der Waals surface area (Å²) in [5.41, 5.74) is 10.3. The number of anilines is 2. The third-order valence-electron chi connectivity index (χ3n) is 6.53. The number of rotatable bonds is 0. The van der Waals surface area contributed by atoms with Crippen molar-refractivity contribution < 1.29 is 0 Å². The molecule has 0 saturated carbocycles. The normalized spacial score (nSPS) is 13.2. The van der Waals surface area contributed by atoms with Gasteiger partial charge >= 0.3 is 6.85 Å². The van der Waals surface area contributed by atoms with Crippen molar-refractivity contribution >= 4 is 39.9 Å². The molecule has 4 aromatic carbocycles. The summed E-state index contributed by atoms with van der Waals surface area (Å²) in [6.45, 7) is 0.144. The van der Waals surface area contributed by atoms with Gasteiger partial charge in [0.1, 0.15) is 0 Å². The number of pyridine rings is 1. The Hall–Kier alpha value is -3.85. The maximum Gasteiger partial charge on any atom is 0.329 e. The van der Waals surface area contributed by atoms with Crippen molar-refractivity contribution in [1.29, 1.82) is 0 Å². The monoisotopic (exact) mass is 380 g/mol. The fourth-order valence-electron chi connectivity index (χ4n) is 5.27. The number of aromatic nitrogens is 1. The Morgan fingerprint density at radius 2 is 1.27 bits per heavy atom. The van der Waals surface area contributed by atoms with Crippen LogP contribution in [0.15, 0.2) is 103 Å². The van der Waals surface area contributed by atoms with Crippen molar-refractivity contribution in [2.24, 2.45) is 0 Å². The second-order valence-electron chi connectivity index (χ2n) is 8.06. The molecule has 0 aliphatic carbocycles.